The minimum Gasteiger partial charge on any atom is -0.507 e. The number of aliphatic hydroxyl groups is 4. The second-order valence-corrected chi connectivity index (χ2v) is 2.40. The number of hydrogen-bond acceptors (Lipinski definition) is 5. The van der Waals surface area contributed by atoms with Gasteiger partial charge >= 0.3 is 0 Å². The molecule has 0 radical (unpaired) electrons. The van der Waals surface area contributed by atoms with Crippen LogP contribution < -0.4 is 0 Å². The first-order chi connectivity index (χ1) is 5.06. The molecule has 5 nitrogen and oxygen atoms in total. The summed E-state index contributed by atoms with van der Waals surface area (Å²) in [5.41, 5.74) is 0. The molecule has 1 atom stereocenters. The summed E-state index contributed by atoms with van der Waals surface area (Å²) in [6.45, 7) is -0.722. The second kappa shape index (κ2) is 2.78. The van der Waals surface area contributed by atoms with Gasteiger partial charge in [0.1, 0.15) is 12.7 Å². The van der Waals surface area contributed by atoms with Gasteiger partial charge in [-0.1, -0.05) is 0 Å². The molecule has 64 valence electrons. The van der Waals surface area contributed by atoms with Crippen molar-refractivity contribution in [1.82, 2.24) is 0 Å². The molecule has 0 bridgehead atoms. The van der Waals surface area contributed by atoms with Crippen molar-refractivity contribution in [3.05, 3.63) is 11.8 Å². The molecule has 5 heteroatoms. The summed E-state index contributed by atoms with van der Waals surface area (Å²) >= 11 is 0. The molecule has 1 aliphatic heterocycles. The van der Waals surface area contributed by atoms with Gasteiger partial charge in [0.05, 0.1) is 6.61 Å². The first-order valence-corrected chi connectivity index (χ1v) is 3.15. The van der Waals surface area contributed by atoms with Crippen LogP contribution in [0.3, 0.4) is 0 Å². The molecule has 0 amide bonds. The molecular weight excluding hydrogens is 152 g/mol. The quantitative estimate of drug-likeness (QED) is 0.352. The third kappa shape index (κ3) is 1.69. The lowest BCUT2D eigenvalue weighted by Gasteiger charge is -2.28. The van der Waals surface area contributed by atoms with Gasteiger partial charge in [-0.15, -0.1) is 0 Å². The fourth-order valence-electron chi connectivity index (χ4n) is 0.760. The lowest BCUT2D eigenvalue weighted by atomic mass is 10.1. The van der Waals surface area contributed by atoms with Gasteiger partial charge in [-0.25, -0.2) is 0 Å². The predicted octanol–water partition coefficient (Wildman–Crippen LogP) is -1.50. The van der Waals surface area contributed by atoms with Crippen molar-refractivity contribution in [2.45, 2.75) is 11.9 Å². The predicted molar refractivity (Wildman–Crippen MR) is 34.7 cm³/mol. The Morgan fingerprint density at radius 1 is 1.64 bits per heavy atom. The Morgan fingerprint density at radius 3 is 2.73 bits per heavy atom. The number of rotatable bonds is 1. The zero-order valence-electron chi connectivity index (χ0n) is 5.77. The van der Waals surface area contributed by atoms with E-state index in [1.807, 2.05) is 0 Å². The third-order valence-corrected chi connectivity index (χ3v) is 1.43. The van der Waals surface area contributed by atoms with Gasteiger partial charge < -0.3 is 25.2 Å². The zero-order valence-corrected chi connectivity index (χ0v) is 5.77. The minimum atomic E-state index is -2.30. The van der Waals surface area contributed by atoms with Crippen LogP contribution in [0.1, 0.15) is 0 Å². The van der Waals surface area contributed by atoms with E-state index in [0.717, 1.165) is 6.08 Å². The molecule has 0 aromatic rings. The molecule has 0 spiro atoms. The van der Waals surface area contributed by atoms with Crippen LogP contribution in [-0.4, -0.2) is 45.5 Å². The first kappa shape index (κ1) is 8.48. The Labute approximate surface area is 63.2 Å². The molecule has 11 heavy (non-hydrogen) atoms. The van der Waals surface area contributed by atoms with E-state index in [1.54, 1.807) is 0 Å². The fourth-order valence-corrected chi connectivity index (χ4v) is 0.760. The molecule has 0 saturated heterocycles. The molecule has 0 aromatic carbocycles. The minimum absolute atomic E-state index is 0.292. The van der Waals surface area contributed by atoms with Gasteiger partial charge in [0.15, 0.2) is 5.76 Å². The molecular formula is C6H10O5. The average Bonchev–Trinajstić information content (AvgIpc) is 1.95. The molecule has 1 heterocycles. The van der Waals surface area contributed by atoms with Crippen molar-refractivity contribution in [2.24, 2.45) is 0 Å². The molecule has 0 aromatic heterocycles. The van der Waals surface area contributed by atoms with Crippen LogP contribution in [0.4, 0.5) is 0 Å². The number of hydrogen-bond donors (Lipinski definition) is 4. The molecule has 0 aliphatic carbocycles. The van der Waals surface area contributed by atoms with Crippen LogP contribution >= 0.6 is 0 Å². The van der Waals surface area contributed by atoms with E-state index >= 15 is 0 Å². The Hall–Kier alpha value is -0.620. The SMILES string of the molecule is OCC1C=C(O)C(O)(O)CO1. The van der Waals surface area contributed by atoms with Crippen LogP contribution in [0.2, 0.25) is 0 Å². The first-order valence-electron chi connectivity index (χ1n) is 3.15. The highest BCUT2D eigenvalue weighted by molar-refractivity contribution is 5.09. The Morgan fingerprint density at radius 2 is 2.27 bits per heavy atom. The van der Waals surface area contributed by atoms with Crippen molar-refractivity contribution in [2.75, 3.05) is 13.2 Å². The van der Waals surface area contributed by atoms with Crippen molar-refractivity contribution >= 4 is 0 Å². The van der Waals surface area contributed by atoms with Crippen LogP contribution in [-0.2, 0) is 4.74 Å². The Kier molecular flexibility index (Phi) is 2.15. The van der Waals surface area contributed by atoms with Gasteiger partial charge in [-0.2, -0.15) is 0 Å². The topological polar surface area (TPSA) is 90.2 Å². The Balaban J connectivity index is 2.72. The summed E-state index contributed by atoms with van der Waals surface area (Å²) in [6.07, 6.45) is 0.408. The van der Waals surface area contributed by atoms with E-state index in [9.17, 15) is 0 Å². The summed E-state index contributed by atoms with van der Waals surface area (Å²) in [4.78, 5) is 0. The molecule has 1 rings (SSSR count). The highest BCUT2D eigenvalue weighted by atomic mass is 16.6. The van der Waals surface area contributed by atoms with E-state index in [4.69, 9.17) is 25.2 Å². The maximum atomic E-state index is 8.91. The molecule has 4 N–H and O–H groups in total. The fraction of sp³-hybridized carbons (Fsp3) is 0.667. The van der Waals surface area contributed by atoms with Crippen LogP contribution in [0, 0.1) is 0 Å². The van der Waals surface area contributed by atoms with Crippen molar-refractivity contribution in [3.63, 3.8) is 0 Å². The largest absolute Gasteiger partial charge is 0.507 e. The van der Waals surface area contributed by atoms with Crippen molar-refractivity contribution in [1.29, 1.82) is 0 Å². The summed E-state index contributed by atoms with van der Waals surface area (Å²) in [5.74, 6) is -2.88. The monoisotopic (exact) mass is 162 g/mol. The second-order valence-electron chi connectivity index (χ2n) is 2.40. The van der Waals surface area contributed by atoms with Crippen LogP contribution in [0.15, 0.2) is 11.8 Å². The average molecular weight is 162 g/mol. The van der Waals surface area contributed by atoms with E-state index in [-0.39, 0.29) is 6.61 Å². The van der Waals surface area contributed by atoms with E-state index in [1.165, 1.54) is 0 Å². The summed E-state index contributed by atoms with van der Waals surface area (Å²) in [7, 11) is 0. The number of aliphatic hydroxyl groups excluding tert-OH is 2. The van der Waals surface area contributed by atoms with Gasteiger partial charge in [0.25, 0.3) is 0 Å². The molecule has 0 saturated carbocycles. The van der Waals surface area contributed by atoms with Gasteiger partial charge in [0.2, 0.25) is 5.79 Å². The van der Waals surface area contributed by atoms with Gasteiger partial charge in [-0.05, 0) is 6.08 Å². The van der Waals surface area contributed by atoms with Crippen molar-refractivity contribution < 1.29 is 25.2 Å². The van der Waals surface area contributed by atoms with E-state index < -0.39 is 24.3 Å². The van der Waals surface area contributed by atoms with Gasteiger partial charge in [-0.3, -0.25) is 0 Å². The Bertz CT molecular complexity index is 174. The van der Waals surface area contributed by atoms with E-state index in [0.29, 0.717) is 0 Å². The maximum Gasteiger partial charge on any atom is 0.246 e. The zero-order chi connectivity index (χ0) is 8.48. The maximum absolute atomic E-state index is 8.91. The molecule has 1 unspecified atom stereocenters. The highest BCUT2D eigenvalue weighted by Gasteiger charge is 2.34. The summed E-state index contributed by atoms with van der Waals surface area (Å²) < 4.78 is 4.73. The van der Waals surface area contributed by atoms with Gasteiger partial charge in [0, 0.05) is 0 Å². The highest BCUT2D eigenvalue weighted by Crippen LogP contribution is 2.18. The van der Waals surface area contributed by atoms with E-state index in [2.05, 4.69) is 0 Å². The van der Waals surface area contributed by atoms with Crippen molar-refractivity contribution in [3.8, 4) is 0 Å². The lowest BCUT2D eigenvalue weighted by molar-refractivity contribution is -0.207. The number of ether oxygens (including phenoxy) is 1. The molecule has 0 fully saturated rings. The smallest absolute Gasteiger partial charge is 0.246 e. The summed E-state index contributed by atoms with van der Waals surface area (Å²) in [5, 5.41) is 35.2. The molecule has 1 aliphatic rings. The van der Waals surface area contributed by atoms with Crippen LogP contribution in [0.5, 0.6) is 0 Å². The van der Waals surface area contributed by atoms with Crippen LogP contribution in [0.25, 0.3) is 0 Å². The lowest BCUT2D eigenvalue weighted by Crippen LogP contribution is -2.42. The third-order valence-electron chi connectivity index (χ3n) is 1.43. The normalized spacial score (nSPS) is 29.7. The standard InChI is InChI=1S/C6H10O5/c7-2-4-1-5(8)6(9,10)3-11-4/h1,4,7-10H,2-3H2. The summed E-state index contributed by atoms with van der Waals surface area (Å²) in [6, 6.07) is 0.